The summed E-state index contributed by atoms with van der Waals surface area (Å²) in [5.41, 5.74) is 2.06. The molecule has 1 atom stereocenters. The monoisotopic (exact) mass is 389 g/mol. The predicted molar refractivity (Wildman–Crippen MR) is 102 cm³/mol. The molecule has 0 fully saturated rings. The summed E-state index contributed by atoms with van der Waals surface area (Å²) < 4.78 is 16.2. The number of fused-ring (bicyclic) bond motifs is 1. The molecule has 7 heteroatoms. The molecule has 1 heterocycles. The SMILES string of the molecule is Cc1c(Cl)cccc1NC(=O)[C@H](C)OC(=O)Cc1ccc2c(c1)OCCO2. The number of benzene rings is 2. The van der Waals surface area contributed by atoms with E-state index in [1.165, 1.54) is 6.92 Å². The van der Waals surface area contributed by atoms with Gasteiger partial charge in [-0.05, 0) is 49.2 Å². The number of carbonyl (C=O) groups is 2. The molecule has 1 amide bonds. The van der Waals surface area contributed by atoms with E-state index in [2.05, 4.69) is 5.32 Å². The fourth-order valence-corrected chi connectivity index (χ4v) is 2.81. The molecule has 1 aliphatic rings. The molecule has 1 N–H and O–H groups in total. The van der Waals surface area contributed by atoms with Crippen molar-refractivity contribution in [3.05, 3.63) is 52.5 Å². The van der Waals surface area contributed by atoms with Gasteiger partial charge in [0.15, 0.2) is 17.6 Å². The molecule has 2 aromatic rings. The van der Waals surface area contributed by atoms with Crippen molar-refractivity contribution >= 4 is 29.2 Å². The quantitative estimate of drug-likeness (QED) is 0.792. The number of nitrogens with one attached hydrogen (secondary N) is 1. The third kappa shape index (κ3) is 4.71. The first-order chi connectivity index (χ1) is 12.9. The molecule has 6 nitrogen and oxygen atoms in total. The van der Waals surface area contributed by atoms with Crippen LogP contribution in [0.4, 0.5) is 5.69 Å². The van der Waals surface area contributed by atoms with Gasteiger partial charge in [-0.2, -0.15) is 0 Å². The van der Waals surface area contributed by atoms with Crippen LogP contribution in [-0.4, -0.2) is 31.2 Å². The van der Waals surface area contributed by atoms with Gasteiger partial charge >= 0.3 is 5.97 Å². The van der Waals surface area contributed by atoms with Crippen LogP contribution in [0.25, 0.3) is 0 Å². The fraction of sp³-hybridized carbons (Fsp3) is 0.300. The summed E-state index contributed by atoms with van der Waals surface area (Å²) in [5.74, 6) is 0.338. The number of amides is 1. The van der Waals surface area contributed by atoms with Crippen molar-refractivity contribution in [1.29, 1.82) is 0 Å². The van der Waals surface area contributed by atoms with Gasteiger partial charge in [-0.15, -0.1) is 0 Å². The molecule has 2 aromatic carbocycles. The molecule has 0 saturated heterocycles. The van der Waals surface area contributed by atoms with Crippen LogP contribution >= 0.6 is 11.6 Å². The lowest BCUT2D eigenvalue weighted by molar-refractivity contribution is -0.152. The number of carbonyl (C=O) groups excluding carboxylic acids is 2. The number of anilines is 1. The summed E-state index contributed by atoms with van der Waals surface area (Å²) in [6, 6.07) is 10.5. The Hall–Kier alpha value is -2.73. The van der Waals surface area contributed by atoms with Crippen LogP contribution in [0, 0.1) is 6.92 Å². The minimum absolute atomic E-state index is 0.0322. The summed E-state index contributed by atoms with van der Waals surface area (Å²) in [6.45, 7) is 4.31. The van der Waals surface area contributed by atoms with E-state index in [1.807, 2.05) is 0 Å². The molecule has 3 rings (SSSR count). The Morgan fingerprint density at radius 1 is 1.19 bits per heavy atom. The summed E-state index contributed by atoms with van der Waals surface area (Å²) in [7, 11) is 0. The highest BCUT2D eigenvalue weighted by atomic mass is 35.5. The first-order valence-corrected chi connectivity index (χ1v) is 8.96. The summed E-state index contributed by atoms with van der Waals surface area (Å²) in [4.78, 5) is 24.5. The first kappa shape index (κ1) is 19.0. The number of hydrogen-bond donors (Lipinski definition) is 1. The lowest BCUT2D eigenvalue weighted by Gasteiger charge is -2.19. The van der Waals surface area contributed by atoms with Crippen molar-refractivity contribution < 1.29 is 23.8 Å². The van der Waals surface area contributed by atoms with Gasteiger partial charge in [-0.25, -0.2) is 0 Å². The van der Waals surface area contributed by atoms with Crippen LogP contribution in [-0.2, 0) is 20.7 Å². The molecule has 0 aliphatic carbocycles. The number of rotatable bonds is 5. The second-order valence-corrected chi connectivity index (χ2v) is 6.60. The topological polar surface area (TPSA) is 73.9 Å². The van der Waals surface area contributed by atoms with Crippen molar-refractivity contribution in [2.24, 2.45) is 0 Å². The molecule has 142 valence electrons. The molecule has 0 bridgehead atoms. The number of ether oxygens (including phenoxy) is 3. The fourth-order valence-electron chi connectivity index (χ4n) is 2.63. The number of esters is 1. The summed E-state index contributed by atoms with van der Waals surface area (Å²) in [6.07, 6.45) is -0.905. The molecule has 0 aromatic heterocycles. The Bertz CT molecular complexity index is 867. The van der Waals surface area contributed by atoms with E-state index in [9.17, 15) is 9.59 Å². The Morgan fingerprint density at radius 3 is 2.70 bits per heavy atom. The van der Waals surface area contributed by atoms with Crippen molar-refractivity contribution in [3.8, 4) is 11.5 Å². The largest absolute Gasteiger partial charge is 0.486 e. The number of halogens is 1. The van der Waals surface area contributed by atoms with Gasteiger partial charge in [0.05, 0.1) is 6.42 Å². The highest BCUT2D eigenvalue weighted by Gasteiger charge is 2.20. The molecule has 0 spiro atoms. The van der Waals surface area contributed by atoms with Crippen LogP contribution in [0.5, 0.6) is 11.5 Å². The molecule has 0 saturated carbocycles. The van der Waals surface area contributed by atoms with Gasteiger partial charge < -0.3 is 19.5 Å². The Kier molecular flexibility index (Phi) is 5.86. The molecule has 1 aliphatic heterocycles. The van der Waals surface area contributed by atoms with E-state index in [-0.39, 0.29) is 6.42 Å². The average molecular weight is 390 g/mol. The van der Waals surface area contributed by atoms with Gasteiger partial charge in [0.2, 0.25) is 0 Å². The second kappa shape index (κ2) is 8.31. The lowest BCUT2D eigenvalue weighted by atomic mass is 10.1. The molecular formula is C20H20ClNO5. The third-order valence-electron chi connectivity index (χ3n) is 4.16. The molecule has 0 unspecified atom stereocenters. The van der Waals surface area contributed by atoms with Crippen LogP contribution in [0.3, 0.4) is 0 Å². The van der Waals surface area contributed by atoms with E-state index in [0.29, 0.717) is 35.4 Å². The Labute approximate surface area is 162 Å². The Morgan fingerprint density at radius 2 is 1.93 bits per heavy atom. The molecular weight excluding hydrogens is 370 g/mol. The van der Waals surface area contributed by atoms with Crippen LogP contribution in [0.1, 0.15) is 18.1 Å². The average Bonchev–Trinajstić information content (AvgIpc) is 2.65. The predicted octanol–water partition coefficient (Wildman–Crippen LogP) is 3.53. The van der Waals surface area contributed by atoms with E-state index >= 15 is 0 Å². The van der Waals surface area contributed by atoms with Crippen LogP contribution in [0.15, 0.2) is 36.4 Å². The highest BCUT2D eigenvalue weighted by molar-refractivity contribution is 6.31. The van der Waals surface area contributed by atoms with E-state index < -0.39 is 18.0 Å². The van der Waals surface area contributed by atoms with E-state index in [1.54, 1.807) is 43.3 Å². The van der Waals surface area contributed by atoms with E-state index in [0.717, 1.165) is 11.1 Å². The lowest BCUT2D eigenvalue weighted by Crippen LogP contribution is -2.30. The third-order valence-corrected chi connectivity index (χ3v) is 4.57. The molecule has 27 heavy (non-hydrogen) atoms. The second-order valence-electron chi connectivity index (χ2n) is 6.19. The zero-order valence-electron chi connectivity index (χ0n) is 15.1. The van der Waals surface area contributed by atoms with Gasteiger partial charge in [0, 0.05) is 10.7 Å². The van der Waals surface area contributed by atoms with Crippen molar-refractivity contribution in [1.82, 2.24) is 0 Å². The first-order valence-electron chi connectivity index (χ1n) is 8.58. The van der Waals surface area contributed by atoms with Crippen LogP contribution in [0.2, 0.25) is 5.02 Å². The molecule has 0 radical (unpaired) electrons. The van der Waals surface area contributed by atoms with Gasteiger partial charge in [-0.3, -0.25) is 9.59 Å². The van der Waals surface area contributed by atoms with Gasteiger partial charge in [0.1, 0.15) is 13.2 Å². The minimum atomic E-state index is -0.937. The standard InChI is InChI=1S/C20H20ClNO5/c1-12-15(21)4-3-5-16(12)22-20(24)13(2)27-19(23)11-14-6-7-17-18(10-14)26-9-8-25-17/h3-7,10,13H,8-9,11H2,1-2H3,(H,22,24)/t13-/m0/s1. The normalized spacial score (nSPS) is 13.6. The number of hydrogen-bond acceptors (Lipinski definition) is 5. The summed E-state index contributed by atoms with van der Waals surface area (Å²) >= 11 is 6.05. The zero-order valence-corrected chi connectivity index (χ0v) is 15.8. The Balaban J connectivity index is 1.57. The minimum Gasteiger partial charge on any atom is -0.486 e. The van der Waals surface area contributed by atoms with Crippen LogP contribution < -0.4 is 14.8 Å². The smallest absolute Gasteiger partial charge is 0.311 e. The van der Waals surface area contributed by atoms with Crippen molar-refractivity contribution in [2.75, 3.05) is 18.5 Å². The summed E-state index contributed by atoms with van der Waals surface area (Å²) in [5, 5.41) is 3.28. The van der Waals surface area contributed by atoms with Gasteiger partial charge in [-0.1, -0.05) is 23.7 Å². The highest BCUT2D eigenvalue weighted by Crippen LogP contribution is 2.31. The maximum atomic E-state index is 12.3. The van der Waals surface area contributed by atoms with Crippen molar-refractivity contribution in [2.45, 2.75) is 26.4 Å². The van der Waals surface area contributed by atoms with E-state index in [4.69, 9.17) is 25.8 Å². The maximum absolute atomic E-state index is 12.3. The zero-order chi connectivity index (χ0) is 19.4. The maximum Gasteiger partial charge on any atom is 0.311 e. The van der Waals surface area contributed by atoms with Crippen molar-refractivity contribution in [3.63, 3.8) is 0 Å². The van der Waals surface area contributed by atoms with Gasteiger partial charge in [0.25, 0.3) is 5.91 Å².